The number of carbonyl (C=O) groups excluding carboxylic acids is 1. The van der Waals surface area contributed by atoms with Gasteiger partial charge in [0.25, 0.3) is 0 Å². The van der Waals surface area contributed by atoms with Crippen molar-refractivity contribution in [1.82, 2.24) is 24.6 Å². The average molecular weight is 583 g/mol. The molecule has 41 heavy (non-hydrogen) atoms. The summed E-state index contributed by atoms with van der Waals surface area (Å²) in [6.45, 7) is 2.96. The number of aliphatic hydroxyl groups is 1. The average Bonchev–Trinajstić information content (AvgIpc) is 3.54. The molecule has 1 aliphatic heterocycles. The van der Waals surface area contributed by atoms with Crippen LogP contribution < -0.4 is 15.3 Å². The predicted molar refractivity (Wildman–Crippen MR) is 148 cm³/mol. The molecule has 5 atom stereocenters. The molecule has 0 bridgehead atoms. The van der Waals surface area contributed by atoms with E-state index in [0.29, 0.717) is 17.0 Å². The maximum atomic E-state index is 13.8. The highest BCUT2D eigenvalue weighted by Gasteiger charge is 2.40. The zero-order valence-corrected chi connectivity index (χ0v) is 23.4. The minimum absolute atomic E-state index is 0.0545. The number of aromatic nitrogens is 4. The molecule has 216 valence electrons. The fourth-order valence-corrected chi connectivity index (χ4v) is 5.83. The number of nitrogens with two attached hydrogens (primary N) is 1. The third-order valence-corrected chi connectivity index (χ3v) is 8.03. The van der Waals surface area contributed by atoms with Crippen LogP contribution in [-0.2, 0) is 30.0 Å². The Morgan fingerprint density at radius 3 is 2.63 bits per heavy atom. The van der Waals surface area contributed by atoms with Crippen molar-refractivity contribution < 1.29 is 33.0 Å². The van der Waals surface area contributed by atoms with Crippen LogP contribution in [0.25, 0.3) is 11.2 Å². The van der Waals surface area contributed by atoms with Gasteiger partial charge in [0.05, 0.1) is 19.0 Å². The number of nitrogens with one attached hydrogen (secondary N) is 1. The van der Waals surface area contributed by atoms with E-state index < -0.39 is 38.2 Å². The molecule has 4 aromatic rings. The third-order valence-electron chi connectivity index (χ3n) is 6.38. The largest absolute Gasteiger partial charge is 0.460 e. The monoisotopic (exact) mass is 582 g/mol. The van der Waals surface area contributed by atoms with E-state index in [2.05, 4.69) is 20.0 Å². The van der Waals surface area contributed by atoms with Gasteiger partial charge in [-0.15, -0.1) is 0 Å². The molecule has 0 aliphatic carbocycles. The van der Waals surface area contributed by atoms with E-state index in [1.807, 2.05) is 30.3 Å². The van der Waals surface area contributed by atoms with Crippen molar-refractivity contribution in [2.75, 3.05) is 12.3 Å². The van der Waals surface area contributed by atoms with Gasteiger partial charge in [0.2, 0.25) is 0 Å². The summed E-state index contributed by atoms with van der Waals surface area (Å²) >= 11 is 0. The number of para-hydroxylation sites is 1. The number of ether oxygens (including phenoxy) is 2. The Hall–Kier alpha value is -3.87. The molecule has 0 saturated carbocycles. The Morgan fingerprint density at radius 1 is 1.20 bits per heavy atom. The minimum Gasteiger partial charge on any atom is -0.460 e. The number of hydrogen-bond donors (Lipinski definition) is 3. The third kappa shape index (κ3) is 6.89. The Labute approximate surface area is 236 Å². The number of carbonyl (C=O) groups is 1. The number of aryl methyl sites for hydroxylation is 1. The molecule has 4 unspecified atom stereocenters. The van der Waals surface area contributed by atoms with Crippen LogP contribution in [0.3, 0.4) is 0 Å². The molecule has 0 spiro atoms. The lowest BCUT2D eigenvalue weighted by Crippen LogP contribution is -2.36. The zero-order chi connectivity index (χ0) is 29.0. The molecule has 0 amide bonds. The van der Waals surface area contributed by atoms with Crippen LogP contribution >= 0.6 is 7.75 Å². The van der Waals surface area contributed by atoms with Crippen molar-refractivity contribution in [3.8, 4) is 5.75 Å². The highest BCUT2D eigenvalue weighted by molar-refractivity contribution is 7.52. The molecule has 3 heterocycles. The van der Waals surface area contributed by atoms with Gasteiger partial charge in [-0.25, -0.2) is 19.5 Å². The van der Waals surface area contributed by atoms with Crippen molar-refractivity contribution in [3.63, 3.8) is 0 Å². The van der Waals surface area contributed by atoms with Gasteiger partial charge >= 0.3 is 13.7 Å². The Kier molecular flexibility index (Phi) is 8.62. The van der Waals surface area contributed by atoms with Crippen molar-refractivity contribution in [2.24, 2.45) is 0 Å². The number of imidazole rings is 1. The van der Waals surface area contributed by atoms with Crippen LogP contribution in [0.5, 0.6) is 5.75 Å². The molecule has 5 rings (SSSR count). The van der Waals surface area contributed by atoms with Gasteiger partial charge in [-0.1, -0.05) is 48.5 Å². The fraction of sp³-hybridized carbons (Fsp3) is 0.333. The summed E-state index contributed by atoms with van der Waals surface area (Å²) in [7, 11) is -4.16. The lowest BCUT2D eigenvalue weighted by molar-refractivity contribution is -0.146. The number of aliphatic hydroxyl groups excluding tert-OH is 1. The number of fused-ring (bicyclic) bond motifs is 1. The first-order chi connectivity index (χ1) is 19.7. The maximum Gasteiger partial charge on any atom is 0.459 e. The van der Waals surface area contributed by atoms with Crippen LogP contribution in [0.1, 0.15) is 31.0 Å². The lowest BCUT2D eigenvalue weighted by atomic mass is 10.2. The normalized spacial score (nSPS) is 20.9. The molecule has 0 radical (unpaired) electrons. The standard InChI is InChI=1S/C27H31N6O7P/c1-17(27(35)37-14-19-9-5-3-6-10-19)32-41(36,40-20-11-7-4-8-12-20)38-15-22-21(34)13-23(39-22)33-16-29-24-25(28)30-18(2)31-26(24)33/h3-12,16-17,21-23,34H,13-15H2,1-2H3,(H,32,36)(H2,28,30,31)/t17-,21?,22?,23?,41?/m1/s1. The molecule has 2 aromatic carbocycles. The van der Waals surface area contributed by atoms with E-state index in [-0.39, 0.29) is 31.2 Å². The maximum absolute atomic E-state index is 13.8. The molecule has 13 nitrogen and oxygen atoms in total. The highest BCUT2D eigenvalue weighted by atomic mass is 31.2. The van der Waals surface area contributed by atoms with Crippen molar-refractivity contribution >= 4 is 30.7 Å². The molecule has 2 aromatic heterocycles. The number of benzene rings is 2. The van der Waals surface area contributed by atoms with Crippen molar-refractivity contribution in [3.05, 3.63) is 78.4 Å². The van der Waals surface area contributed by atoms with E-state index in [0.717, 1.165) is 5.56 Å². The first-order valence-corrected chi connectivity index (χ1v) is 14.5. The van der Waals surface area contributed by atoms with E-state index in [1.54, 1.807) is 41.8 Å². The van der Waals surface area contributed by atoms with E-state index in [1.165, 1.54) is 13.3 Å². The lowest BCUT2D eigenvalue weighted by Gasteiger charge is -2.24. The van der Waals surface area contributed by atoms with Crippen LogP contribution in [0.2, 0.25) is 0 Å². The van der Waals surface area contributed by atoms with Crippen molar-refractivity contribution in [1.29, 1.82) is 0 Å². The topological polar surface area (TPSA) is 173 Å². The highest BCUT2D eigenvalue weighted by Crippen LogP contribution is 2.46. The summed E-state index contributed by atoms with van der Waals surface area (Å²) in [4.78, 5) is 25.5. The number of hydrogen-bond acceptors (Lipinski definition) is 11. The second kappa shape index (κ2) is 12.3. The molecule has 1 saturated heterocycles. The summed E-state index contributed by atoms with van der Waals surface area (Å²) in [6.07, 6.45) is -0.749. The van der Waals surface area contributed by atoms with E-state index in [9.17, 15) is 14.5 Å². The Bertz CT molecular complexity index is 1540. The van der Waals surface area contributed by atoms with E-state index in [4.69, 9.17) is 24.3 Å². The van der Waals surface area contributed by atoms with Crippen LogP contribution in [0, 0.1) is 6.92 Å². The Morgan fingerprint density at radius 2 is 1.90 bits per heavy atom. The second-order valence-electron chi connectivity index (χ2n) is 9.55. The van der Waals surface area contributed by atoms with Gasteiger partial charge in [-0.2, -0.15) is 5.09 Å². The van der Waals surface area contributed by atoms with Gasteiger partial charge in [0.15, 0.2) is 11.5 Å². The number of esters is 1. The first-order valence-electron chi connectivity index (χ1n) is 13.0. The van der Waals surface area contributed by atoms with Gasteiger partial charge in [0, 0.05) is 6.42 Å². The van der Waals surface area contributed by atoms with Crippen LogP contribution in [0.4, 0.5) is 5.82 Å². The summed E-state index contributed by atoms with van der Waals surface area (Å²) in [5.74, 6) is 0.328. The summed E-state index contributed by atoms with van der Waals surface area (Å²) in [6, 6.07) is 16.5. The fourth-order valence-electron chi connectivity index (χ4n) is 4.32. The van der Waals surface area contributed by atoms with Gasteiger partial charge < -0.3 is 24.8 Å². The molecular formula is C27H31N6O7P. The van der Waals surface area contributed by atoms with Gasteiger partial charge in [-0.05, 0) is 31.5 Å². The Balaban J connectivity index is 1.26. The molecule has 1 aliphatic rings. The molecular weight excluding hydrogens is 551 g/mol. The van der Waals surface area contributed by atoms with Crippen LogP contribution in [0.15, 0.2) is 67.0 Å². The molecule has 1 fully saturated rings. The predicted octanol–water partition coefficient (Wildman–Crippen LogP) is 3.29. The molecule has 14 heteroatoms. The van der Waals surface area contributed by atoms with E-state index >= 15 is 0 Å². The number of anilines is 1. The zero-order valence-electron chi connectivity index (χ0n) is 22.5. The van der Waals surface area contributed by atoms with Crippen LogP contribution in [-0.4, -0.2) is 55.5 Å². The smallest absolute Gasteiger partial charge is 0.459 e. The summed E-state index contributed by atoms with van der Waals surface area (Å²) in [5, 5.41) is 13.4. The quantitative estimate of drug-likeness (QED) is 0.174. The summed E-state index contributed by atoms with van der Waals surface area (Å²) < 4.78 is 38.3. The van der Waals surface area contributed by atoms with Gasteiger partial charge in [-0.3, -0.25) is 13.9 Å². The number of nitrogen functional groups attached to an aromatic ring is 1. The first kappa shape index (κ1) is 28.7. The minimum atomic E-state index is -4.16. The summed E-state index contributed by atoms with van der Waals surface area (Å²) in [5.41, 5.74) is 7.67. The second-order valence-corrected chi connectivity index (χ2v) is 11.2. The molecule has 4 N–H and O–H groups in total. The SMILES string of the molecule is Cc1nc(N)c2ncn(C3CC(O)C(COP(=O)(N[C@H](C)C(=O)OCc4ccccc4)Oc4ccccc4)O3)c2n1. The van der Waals surface area contributed by atoms with Crippen molar-refractivity contribution in [2.45, 2.75) is 51.4 Å². The van der Waals surface area contributed by atoms with Gasteiger partial charge in [0.1, 0.15) is 42.1 Å². The number of rotatable bonds is 11. The number of nitrogens with zero attached hydrogens (tertiary/aromatic N) is 4.